The number of thioether (sulfide) groups is 1. The zero-order chi connectivity index (χ0) is 25.0. The van der Waals surface area contributed by atoms with Crippen LogP contribution in [0.25, 0.3) is 17.1 Å². The lowest BCUT2D eigenvalue weighted by atomic mass is 9.87. The van der Waals surface area contributed by atoms with Crippen molar-refractivity contribution in [1.82, 2.24) is 14.8 Å². The number of methoxy groups -OCH3 is 1. The monoisotopic (exact) mass is 550 g/mol. The Morgan fingerprint density at radius 1 is 0.971 bits per heavy atom. The van der Waals surface area contributed by atoms with Gasteiger partial charge in [0.25, 0.3) is 0 Å². The first-order valence-corrected chi connectivity index (χ1v) is 12.9. The summed E-state index contributed by atoms with van der Waals surface area (Å²) in [6, 6.07) is 23.6. The fraction of sp³-hybridized carbons (Fsp3) is 0.222. The highest BCUT2D eigenvalue weighted by atomic mass is 79.9. The molecule has 0 aliphatic rings. The van der Waals surface area contributed by atoms with Crippen molar-refractivity contribution in [2.24, 2.45) is 0 Å². The van der Waals surface area contributed by atoms with Gasteiger partial charge >= 0.3 is 0 Å². The Balaban J connectivity index is 1.62. The highest BCUT2D eigenvalue weighted by molar-refractivity contribution is 9.10. The van der Waals surface area contributed by atoms with Crippen LogP contribution >= 0.6 is 27.7 Å². The van der Waals surface area contributed by atoms with Crippen molar-refractivity contribution in [1.29, 1.82) is 0 Å². The summed E-state index contributed by atoms with van der Waals surface area (Å²) < 4.78 is 8.25. The molecule has 0 radical (unpaired) electrons. The molecule has 4 rings (SSSR count). The topological polar surface area (TPSA) is 69.0 Å². The zero-order valence-corrected chi connectivity index (χ0v) is 22.5. The van der Waals surface area contributed by atoms with E-state index >= 15 is 0 Å². The average molecular weight is 552 g/mol. The summed E-state index contributed by atoms with van der Waals surface area (Å²) in [5.41, 5.74) is 3.89. The Morgan fingerprint density at radius 3 is 2.23 bits per heavy atom. The summed E-state index contributed by atoms with van der Waals surface area (Å²) in [6.07, 6.45) is 0. The summed E-state index contributed by atoms with van der Waals surface area (Å²) in [6.45, 7) is 6.57. The molecule has 0 fully saturated rings. The average Bonchev–Trinajstić information content (AvgIpc) is 3.28. The Labute approximate surface area is 218 Å². The maximum atomic E-state index is 12.6. The first kappa shape index (κ1) is 25.0. The van der Waals surface area contributed by atoms with Crippen LogP contribution in [0.15, 0.2) is 82.4 Å². The highest BCUT2D eigenvalue weighted by Gasteiger charge is 2.19. The molecular formula is C27H27BrN4O2S. The predicted molar refractivity (Wildman–Crippen MR) is 146 cm³/mol. The molecule has 0 spiro atoms. The van der Waals surface area contributed by atoms with Crippen LogP contribution in [0, 0.1) is 0 Å². The van der Waals surface area contributed by atoms with E-state index in [2.05, 4.69) is 76.5 Å². The van der Waals surface area contributed by atoms with Gasteiger partial charge in [-0.05, 0) is 59.5 Å². The number of rotatable bonds is 7. The molecule has 6 nitrogen and oxygen atoms in total. The number of nitrogens with one attached hydrogen (secondary N) is 1. The molecule has 0 atom stereocenters. The molecule has 1 heterocycles. The highest BCUT2D eigenvalue weighted by Crippen LogP contribution is 2.31. The third-order valence-electron chi connectivity index (χ3n) is 5.43. The van der Waals surface area contributed by atoms with Crippen LogP contribution in [0.5, 0.6) is 5.75 Å². The molecule has 35 heavy (non-hydrogen) atoms. The van der Waals surface area contributed by atoms with E-state index in [1.54, 1.807) is 7.11 Å². The lowest BCUT2D eigenvalue weighted by Gasteiger charge is -2.19. The molecule has 1 aromatic heterocycles. The van der Waals surface area contributed by atoms with Crippen LogP contribution in [0.1, 0.15) is 26.3 Å². The Hall–Kier alpha value is -3.10. The minimum absolute atomic E-state index is 0.0609. The summed E-state index contributed by atoms with van der Waals surface area (Å²) in [4.78, 5) is 12.6. The summed E-state index contributed by atoms with van der Waals surface area (Å²) >= 11 is 4.75. The molecule has 0 aliphatic heterocycles. The van der Waals surface area contributed by atoms with Crippen LogP contribution in [-0.2, 0) is 10.2 Å². The lowest BCUT2D eigenvalue weighted by molar-refractivity contribution is -0.113. The van der Waals surface area contributed by atoms with Crippen molar-refractivity contribution >= 4 is 39.3 Å². The number of hydrogen-bond acceptors (Lipinski definition) is 5. The summed E-state index contributed by atoms with van der Waals surface area (Å²) in [7, 11) is 1.64. The Morgan fingerprint density at radius 2 is 1.63 bits per heavy atom. The second-order valence-electron chi connectivity index (χ2n) is 9.01. The standard InChI is InChI=1S/C27H27BrN4O2S/c1-27(2,3)19-7-5-18(6-8-19)25-30-31-26(32(25)22-13-15-23(34-4)16-14-22)35-17-24(33)29-21-11-9-20(28)10-12-21/h5-16H,17H2,1-4H3,(H,29,33). The maximum Gasteiger partial charge on any atom is 0.234 e. The number of nitrogens with zero attached hydrogens (tertiary/aromatic N) is 3. The van der Waals surface area contributed by atoms with E-state index in [1.165, 1.54) is 17.3 Å². The van der Waals surface area contributed by atoms with Crippen molar-refractivity contribution in [2.75, 3.05) is 18.2 Å². The molecule has 0 unspecified atom stereocenters. The van der Waals surface area contributed by atoms with Gasteiger partial charge in [-0.3, -0.25) is 9.36 Å². The van der Waals surface area contributed by atoms with E-state index in [0.29, 0.717) is 11.0 Å². The second-order valence-corrected chi connectivity index (χ2v) is 10.9. The zero-order valence-electron chi connectivity index (χ0n) is 20.1. The molecule has 1 amide bonds. The SMILES string of the molecule is COc1ccc(-n2c(SCC(=O)Nc3ccc(Br)cc3)nnc2-c2ccc(C(C)(C)C)cc2)cc1. The number of aromatic nitrogens is 3. The van der Waals surface area contributed by atoms with E-state index in [4.69, 9.17) is 4.74 Å². The predicted octanol–water partition coefficient (Wildman–Crippen LogP) is 6.73. The Bertz CT molecular complexity index is 1300. The third kappa shape index (κ3) is 6.13. The van der Waals surface area contributed by atoms with Gasteiger partial charge in [-0.2, -0.15) is 0 Å². The van der Waals surface area contributed by atoms with Crippen molar-refractivity contribution in [2.45, 2.75) is 31.3 Å². The normalized spacial score (nSPS) is 11.3. The number of ether oxygens (including phenoxy) is 1. The fourth-order valence-electron chi connectivity index (χ4n) is 3.49. The van der Waals surface area contributed by atoms with E-state index in [0.717, 1.165) is 27.2 Å². The molecule has 180 valence electrons. The minimum atomic E-state index is -0.113. The maximum absolute atomic E-state index is 12.6. The van der Waals surface area contributed by atoms with Gasteiger partial charge in [0.05, 0.1) is 12.9 Å². The van der Waals surface area contributed by atoms with Crippen LogP contribution in [0.2, 0.25) is 0 Å². The van der Waals surface area contributed by atoms with E-state index in [9.17, 15) is 4.79 Å². The molecule has 1 N–H and O–H groups in total. The van der Waals surface area contributed by atoms with Crippen LogP contribution in [-0.4, -0.2) is 33.5 Å². The summed E-state index contributed by atoms with van der Waals surface area (Å²) in [5.74, 6) is 1.57. The molecule has 4 aromatic rings. The number of hydrogen-bond donors (Lipinski definition) is 1. The largest absolute Gasteiger partial charge is 0.497 e. The van der Waals surface area contributed by atoms with Crippen LogP contribution in [0.3, 0.4) is 0 Å². The minimum Gasteiger partial charge on any atom is -0.497 e. The van der Waals surface area contributed by atoms with E-state index in [1.807, 2.05) is 53.1 Å². The number of carbonyl (C=O) groups is 1. The quantitative estimate of drug-likeness (QED) is 0.258. The second kappa shape index (κ2) is 10.7. The fourth-order valence-corrected chi connectivity index (χ4v) is 4.51. The number of carbonyl (C=O) groups excluding carboxylic acids is 1. The van der Waals surface area contributed by atoms with Crippen molar-refractivity contribution in [3.05, 3.63) is 82.8 Å². The van der Waals surface area contributed by atoms with Gasteiger partial charge in [0, 0.05) is 21.4 Å². The smallest absolute Gasteiger partial charge is 0.234 e. The van der Waals surface area contributed by atoms with Gasteiger partial charge in [0.15, 0.2) is 11.0 Å². The molecule has 3 aromatic carbocycles. The van der Waals surface area contributed by atoms with Gasteiger partial charge in [0.2, 0.25) is 5.91 Å². The van der Waals surface area contributed by atoms with Gasteiger partial charge in [-0.1, -0.05) is 72.7 Å². The van der Waals surface area contributed by atoms with E-state index in [-0.39, 0.29) is 17.1 Å². The molecule has 0 saturated carbocycles. The van der Waals surface area contributed by atoms with Gasteiger partial charge in [0.1, 0.15) is 5.75 Å². The number of halogens is 1. The molecular weight excluding hydrogens is 524 g/mol. The van der Waals surface area contributed by atoms with Crippen molar-refractivity contribution in [3.8, 4) is 22.8 Å². The third-order valence-corrected chi connectivity index (χ3v) is 6.89. The Kier molecular flexibility index (Phi) is 7.62. The first-order chi connectivity index (χ1) is 16.7. The number of anilines is 1. The van der Waals surface area contributed by atoms with Crippen LogP contribution in [0.4, 0.5) is 5.69 Å². The van der Waals surface area contributed by atoms with Gasteiger partial charge in [-0.25, -0.2) is 0 Å². The van der Waals surface area contributed by atoms with Gasteiger partial charge in [-0.15, -0.1) is 10.2 Å². The van der Waals surface area contributed by atoms with E-state index < -0.39 is 0 Å². The summed E-state index contributed by atoms with van der Waals surface area (Å²) in [5, 5.41) is 12.5. The van der Waals surface area contributed by atoms with Gasteiger partial charge < -0.3 is 10.1 Å². The van der Waals surface area contributed by atoms with Crippen LogP contribution < -0.4 is 10.1 Å². The number of amides is 1. The lowest BCUT2D eigenvalue weighted by Crippen LogP contribution is -2.14. The molecule has 0 bridgehead atoms. The molecule has 0 saturated heterocycles. The molecule has 8 heteroatoms. The van der Waals surface area contributed by atoms with Crippen molar-refractivity contribution in [3.63, 3.8) is 0 Å². The van der Waals surface area contributed by atoms with Crippen molar-refractivity contribution < 1.29 is 9.53 Å². The number of benzene rings is 3. The molecule has 0 aliphatic carbocycles. The first-order valence-electron chi connectivity index (χ1n) is 11.1.